The van der Waals surface area contributed by atoms with Gasteiger partial charge in [0.25, 0.3) is 0 Å². The zero-order valence-electron chi connectivity index (χ0n) is 12.8. The zero-order chi connectivity index (χ0) is 13.5. The Morgan fingerprint density at radius 1 is 1.16 bits per heavy atom. The van der Waals surface area contributed by atoms with Gasteiger partial charge >= 0.3 is 0 Å². The fourth-order valence-corrected chi connectivity index (χ4v) is 4.99. The summed E-state index contributed by atoms with van der Waals surface area (Å²) in [5.74, 6) is 0.896. The van der Waals surface area contributed by atoms with E-state index in [2.05, 4.69) is 23.6 Å². The van der Waals surface area contributed by atoms with Crippen molar-refractivity contribution in [3.8, 4) is 0 Å². The maximum Gasteiger partial charge on any atom is 0.0361 e. The van der Waals surface area contributed by atoms with Crippen LogP contribution < -0.4 is 5.73 Å². The maximum absolute atomic E-state index is 6.29. The molecule has 3 heterocycles. The first-order valence-electron chi connectivity index (χ1n) is 8.35. The van der Waals surface area contributed by atoms with Crippen LogP contribution in [0.1, 0.15) is 52.4 Å². The molecule has 0 amide bonds. The number of piperidine rings is 2. The van der Waals surface area contributed by atoms with Crippen LogP contribution in [0.5, 0.6) is 0 Å². The normalized spacial score (nSPS) is 45.3. The molecule has 0 aromatic heterocycles. The molecule has 110 valence electrons. The van der Waals surface area contributed by atoms with E-state index in [1.807, 2.05) is 0 Å². The fourth-order valence-electron chi connectivity index (χ4n) is 4.99. The number of nitrogens with two attached hydrogens (primary N) is 1. The minimum Gasteiger partial charge on any atom is -0.329 e. The average molecular weight is 265 g/mol. The molecule has 3 aliphatic heterocycles. The van der Waals surface area contributed by atoms with Crippen LogP contribution in [0.25, 0.3) is 0 Å². The van der Waals surface area contributed by atoms with Gasteiger partial charge in [0.05, 0.1) is 0 Å². The van der Waals surface area contributed by atoms with Gasteiger partial charge in [-0.25, -0.2) is 0 Å². The van der Waals surface area contributed by atoms with Crippen LogP contribution >= 0.6 is 0 Å². The molecule has 0 aromatic carbocycles. The summed E-state index contributed by atoms with van der Waals surface area (Å²) in [6.07, 6.45) is 8.13. The topological polar surface area (TPSA) is 32.5 Å². The van der Waals surface area contributed by atoms with Crippen molar-refractivity contribution in [2.75, 3.05) is 26.2 Å². The van der Waals surface area contributed by atoms with Crippen molar-refractivity contribution in [1.29, 1.82) is 0 Å². The average Bonchev–Trinajstić information content (AvgIpc) is 2.85. The predicted octanol–water partition coefficient (Wildman–Crippen LogP) is 2.06. The SMILES string of the molecule is CC1CCN(C2(CN)CCN3CCCC3C2)C(C)C1. The van der Waals surface area contributed by atoms with Crippen LogP contribution in [-0.4, -0.2) is 53.6 Å². The van der Waals surface area contributed by atoms with Gasteiger partial charge in [-0.1, -0.05) is 6.92 Å². The van der Waals surface area contributed by atoms with Crippen LogP contribution in [0, 0.1) is 5.92 Å². The Labute approximate surface area is 118 Å². The van der Waals surface area contributed by atoms with E-state index in [9.17, 15) is 0 Å². The second kappa shape index (κ2) is 5.34. The van der Waals surface area contributed by atoms with Gasteiger partial charge in [0.15, 0.2) is 0 Å². The molecule has 0 aromatic rings. The largest absolute Gasteiger partial charge is 0.329 e. The number of hydrogen-bond donors (Lipinski definition) is 1. The van der Waals surface area contributed by atoms with E-state index in [1.165, 1.54) is 58.2 Å². The smallest absolute Gasteiger partial charge is 0.0361 e. The highest BCUT2D eigenvalue weighted by Gasteiger charge is 2.46. The number of nitrogens with zero attached hydrogens (tertiary/aromatic N) is 2. The molecule has 0 aliphatic carbocycles. The molecule has 0 spiro atoms. The summed E-state index contributed by atoms with van der Waals surface area (Å²) in [7, 11) is 0. The van der Waals surface area contributed by atoms with E-state index in [0.29, 0.717) is 5.54 Å². The van der Waals surface area contributed by atoms with Gasteiger partial charge in [0, 0.05) is 30.7 Å². The third-order valence-corrected chi connectivity index (χ3v) is 6.11. The molecule has 3 aliphatic rings. The van der Waals surface area contributed by atoms with E-state index >= 15 is 0 Å². The van der Waals surface area contributed by atoms with Crippen molar-refractivity contribution in [1.82, 2.24) is 9.80 Å². The molecule has 0 saturated carbocycles. The molecular formula is C16H31N3. The number of fused-ring (bicyclic) bond motifs is 1. The molecule has 0 radical (unpaired) electrons. The molecule has 3 heteroatoms. The highest BCUT2D eigenvalue weighted by atomic mass is 15.3. The Kier molecular flexibility index (Phi) is 3.89. The second-order valence-corrected chi connectivity index (χ2v) is 7.39. The number of hydrogen-bond acceptors (Lipinski definition) is 3. The summed E-state index contributed by atoms with van der Waals surface area (Å²) in [5.41, 5.74) is 6.60. The summed E-state index contributed by atoms with van der Waals surface area (Å²) >= 11 is 0. The second-order valence-electron chi connectivity index (χ2n) is 7.39. The van der Waals surface area contributed by atoms with Crippen molar-refractivity contribution in [2.45, 2.75) is 70.0 Å². The monoisotopic (exact) mass is 265 g/mol. The van der Waals surface area contributed by atoms with Crippen molar-refractivity contribution >= 4 is 0 Å². The van der Waals surface area contributed by atoms with E-state index in [0.717, 1.165) is 24.5 Å². The highest BCUT2D eigenvalue weighted by Crippen LogP contribution is 2.39. The molecule has 19 heavy (non-hydrogen) atoms. The molecule has 4 unspecified atom stereocenters. The molecule has 2 N–H and O–H groups in total. The first-order valence-corrected chi connectivity index (χ1v) is 8.35. The van der Waals surface area contributed by atoms with Gasteiger partial charge < -0.3 is 10.6 Å². The molecule has 3 rings (SSSR count). The molecule has 3 fully saturated rings. The summed E-state index contributed by atoms with van der Waals surface area (Å²) in [6.45, 7) is 9.57. The van der Waals surface area contributed by atoms with E-state index < -0.39 is 0 Å². The van der Waals surface area contributed by atoms with Gasteiger partial charge in [0.2, 0.25) is 0 Å². The summed E-state index contributed by atoms with van der Waals surface area (Å²) in [4.78, 5) is 5.51. The first kappa shape index (κ1) is 13.8. The van der Waals surface area contributed by atoms with Gasteiger partial charge in [-0.2, -0.15) is 0 Å². The van der Waals surface area contributed by atoms with Gasteiger partial charge in [-0.15, -0.1) is 0 Å². The lowest BCUT2D eigenvalue weighted by molar-refractivity contribution is -0.0356. The van der Waals surface area contributed by atoms with Gasteiger partial charge in [-0.05, 0) is 64.5 Å². The first-order chi connectivity index (χ1) is 9.14. The fraction of sp³-hybridized carbons (Fsp3) is 1.00. The lowest BCUT2D eigenvalue weighted by Crippen LogP contribution is -2.64. The van der Waals surface area contributed by atoms with Gasteiger partial charge in [-0.3, -0.25) is 4.90 Å². The third-order valence-electron chi connectivity index (χ3n) is 6.11. The van der Waals surface area contributed by atoms with Crippen LogP contribution in [0.2, 0.25) is 0 Å². The van der Waals surface area contributed by atoms with Crippen molar-refractivity contribution in [2.24, 2.45) is 11.7 Å². The van der Waals surface area contributed by atoms with Crippen molar-refractivity contribution in [3.05, 3.63) is 0 Å². The van der Waals surface area contributed by atoms with Crippen molar-refractivity contribution < 1.29 is 0 Å². The van der Waals surface area contributed by atoms with Crippen molar-refractivity contribution in [3.63, 3.8) is 0 Å². The third kappa shape index (κ3) is 2.45. The van der Waals surface area contributed by atoms with Crippen LogP contribution in [-0.2, 0) is 0 Å². The highest BCUT2D eigenvalue weighted by molar-refractivity contribution is 5.04. The molecular weight excluding hydrogens is 234 g/mol. The summed E-state index contributed by atoms with van der Waals surface area (Å²) in [5, 5.41) is 0. The maximum atomic E-state index is 6.29. The van der Waals surface area contributed by atoms with E-state index in [-0.39, 0.29) is 0 Å². The minimum absolute atomic E-state index is 0.311. The molecule has 3 saturated heterocycles. The molecule has 4 atom stereocenters. The summed E-state index contributed by atoms with van der Waals surface area (Å²) in [6, 6.07) is 1.55. The quantitative estimate of drug-likeness (QED) is 0.829. The Bertz CT molecular complexity index is 319. The Hall–Kier alpha value is -0.120. The Morgan fingerprint density at radius 3 is 2.74 bits per heavy atom. The van der Waals surface area contributed by atoms with Crippen LogP contribution in [0.4, 0.5) is 0 Å². The van der Waals surface area contributed by atoms with E-state index in [1.54, 1.807) is 0 Å². The summed E-state index contributed by atoms with van der Waals surface area (Å²) < 4.78 is 0. The van der Waals surface area contributed by atoms with Crippen LogP contribution in [0.15, 0.2) is 0 Å². The number of likely N-dealkylation sites (tertiary alicyclic amines) is 1. The Balaban J connectivity index is 1.75. The molecule has 3 nitrogen and oxygen atoms in total. The minimum atomic E-state index is 0.311. The predicted molar refractivity (Wildman–Crippen MR) is 80.2 cm³/mol. The lowest BCUT2D eigenvalue weighted by atomic mass is 9.78. The van der Waals surface area contributed by atoms with Crippen LogP contribution in [0.3, 0.4) is 0 Å². The van der Waals surface area contributed by atoms with E-state index in [4.69, 9.17) is 5.73 Å². The lowest BCUT2D eigenvalue weighted by Gasteiger charge is -2.54. The zero-order valence-corrected chi connectivity index (χ0v) is 12.8. The Morgan fingerprint density at radius 2 is 2.00 bits per heavy atom. The number of rotatable bonds is 2. The van der Waals surface area contributed by atoms with Gasteiger partial charge in [0.1, 0.15) is 0 Å². The standard InChI is InChI=1S/C16H31N3/c1-13-5-8-19(14(2)10-13)16(12-17)6-9-18-7-3-4-15(18)11-16/h13-15H,3-12,17H2,1-2H3. The molecule has 0 bridgehead atoms.